The molecule has 0 atom stereocenters. The van der Waals surface area contributed by atoms with Gasteiger partial charge in [-0.15, -0.1) is 0 Å². The Hall–Kier alpha value is -3.47. The number of anilines is 1. The van der Waals surface area contributed by atoms with Gasteiger partial charge in [-0.2, -0.15) is 0 Å². The number of nitrogens with one attached hydrogen (secondary N) is 1. The molecule has 0 radical (unpaired) electrons. The van der Waals surface area contributed by atoms with Crippen LogP contribution in [0.1, 0.15) is 19.4 Å². The average molecular weight is 405 g/mol. The molecule has 0 aliphatic carbocycles. The average Bonchev–Trinajstić information content (AvgIpc) is 2.74. The van der Waals surface area contributed by atoms with Gasteiger partial charge in [-0.05, 0) is 60.0 Å². The van der Waals surface area contributed by atoms with E-state index in [0.717, 1.165) is 28.5 Å². The quantitative estimate of drug-likeness (QED) is 0.488. The van der Waals surface area contributed by atoms with Gasteiger partial charge in [0.05, 0.1) is 7.11 Å². The van der Waals surface area contributed by atoms with Crippen molar-refractivity contribution in [2.75, 3.05) is 19.0 Å². The van der Waals surface area contributed by atoms with Crippen LogP contribution in [0, 0.1) is 5.92 Å². The van der Waals surface area contributed by atoms with Crippen LogP contribution in [0.2, 0.25) is 0 Å². The molecule has 0 aliphatic rings. The molecule has 156 valence electrons. The lowest BCUT2D eigenvalue weighted by molar-refractivity contribution is 0.201. The first-order valence-electron chi connectivity index (χ1n) is 10.1. The normalized spacial score (nSPS) is 10.5. The Morgan fingerprint density at radius 3 is 2.27 bits per heavy atom. The third kappa shape index (κ3) is 6.27. The summed E-state index contributed by atoms with van der Waals surface area (Å²) in [6.45, 7) is 5.34. The second-order valence-electron chi connectivity index (χ2n) is 7.50. The molecule has 0 bridgehead atoms. The van der Waals surface area contributed by atoms with Crippen molar-refractivity contribution in [1.82, 2.24) is 4.90 Å². The predicted octanol–water partition coefficient (Wildman–Crippen LogP) is 6.18. The molecule has 0 saturated heterocycles. The van der Waals surface area contributed by atoms with Crippen molar-refractivity contribution in [2.45, 2.75) is 20.4 Å². The highest BCUT2D eigenvalue weighted by Crippen LogP contribution is 2.23. The Bertz CT molecular complexity index is 940. The number of methoxy groups -OCH3 is 1. The Balaban J connectivity index is 1.70. The number of carbonyl (C=O) groups is 1. The van der Waals surface area contributed by atoms with Crippen LogP contribution in [0.3, 0.4) is 0 Å². The minimum atomic E-state index is -0.136. The van der Waals surface area contributed by atoms with Crippen LogP contribution in [-0.4, -0.2) is 24.6 Å². The first-order valence-corrected chi connectivity index (χ1v) is 10.1. The molecular formula is C25H28N2O3. The lowest BCUT2D eigenvalue weighted by Gasteiger charge is -2.25. The molecule has 0 aliphatic heterocycles. The maximum absolute atomic E-state index is 12.9. The van der Waals surface area contributed by atoms with Crippen LogP contribution in [0.15, 0.2) is 78.9 Å². The summed E-state index contributed by atoms with van der Waals surface area (Å²) in [5.74, 6) is 2.63. The summed E-state index contributed by atoms with van der Waals surface area (Å²) in [7, 11) is 1.62. The number of hydrogen-bond acceptors (Lipinski definition) is 3. The van der Waals surface area contributed by atoms with E-state index >= 15 is 0 Å². The smallest absolute Gasteiger partial charge is 0.322 e. The van der Waals surface area contributed by atoms with Crippen molar-refractivity contribution in [3.8, 4) is 17.2 Å². The molecule has 0 aromatic heterocycles. The molecule has 0 spiro atoms. The number of urea groups is 1. The molecule has 0 unspecified atom stereocenters. The van der Waals surface area contributed by atoms with E-state index in [-0.39, 0.29) is 6.03 Å². The third-order valence-corrected chi connectivity index (χ3v) is 4.46. The number of ether oxygens (including phenoxy) is 2. The predicted molar refractivity (Wildman–Crippen MR) is 120 cm³/mol. The number of carbonyl (C=O) groups excluding carboxylic acids is 1. The van der Waals surface area contributed by atoms with E-state index in [4.69, 9.17) is 9.47 Å². The SMILES string of the molecule is COc1ccc(NC(=O)N(Cc2cccc(Oc3ccccc3)c2)CC(C)C)cc1. The minimum absolute atomic E-state index is 0.136. The van der Waals surface area contributed by atoms with E-state index in [9.17, 15) is 4.79 Å². The zero-order valence-corrected chi connectivity index (χ0v) is 17.7. The van der Waals surface area contributed by atoms with Gasteiger partial charge in [0.25, 0.3) is 0 Å². The van der Waals surface area contributed by atoms with Gasteiger partial charge in [0.2, 0.25) is 0 Å². The summed E-state index contributed by atoms with van der Waals surface area (Å²) in [4.78, 5) is 14.8. The van der Waals surface area contributed by atoms with Gasteiger partial charge >= 0.3 is 6.03 Å². The largest absolute Gasteiger partial charge is 0.497 e. The standard InChI is InChI=1S/C25H28N2O3/c1-19(2)17-27(25(28)26-21-12-14-22(29-3)15-13-21)18-20-8-7-11-24(16-20)30-23-9-5-4-6-10-23/h4-16,19H,17-18H2,1-3H3,(H,26,28). The number of rotatable bonds is 8. The Kier molecular flexibility index (Phi) is 7.33. The van der Waals surface area contributed by atoms with Crippen LogP contribution in [0.5, 0.6) is 17.2 Å². The fourth-order valence-corrected chi connectivity index (χ4v) is 3.09. The fourth-order valence-electron chi connectivity index (χ4n) is 3.09. The molecule has 0 heterocycles. The second kappa shape index (κ2) is 10.3. The summed E-state index contributed by atoms with van der Waals surface area (Å²) < 4.78 is 11.1. The molecule has 5 heteroatoms. The van der Waals surface area contributed by atoms with E-state index in [1.165, 1.54) is 0 Å². The first-order chi connectivity index (χ1) is 14.5. The topological polar surface area (TPSA) is 50.8 Å². The van der Waals surface area contributed by atoms with Crippen LogP contribution in [0.4, 0.5) is 10.5 Å². The lowest BCUT2D eigenvalue weighted by atomic mass is 10.1. The van der Waals surface area contributed by atoms with Gasteiger partial charge in [-0.3, -0.25) is 0 Å². The molecule has 1 N–H and O–H groups in total. The van der Waals surface area contributed by atoms with E-state index in [0.29, 0.717) is 19.0 Å². The summed E-state index contributed by atoms with van der Waals surface area (Å²) >= 11 is 0. The van der Waals surface area contributed by atoms with Gasteiger partial charge < -0.3 is 19.7 Å². The van der Waals surface area contributed by atoms with Crippen molar-refractivity contribution in [1.29, 1.82) is 0 Å². The van der Waals surface area contributed by atoms with E-state index in [1.54, 1.807) is 7.11 Å². The molecule has 0 fully saturated rings. The Morgan fingerprint density at radius 1 is 0.900 bits per heavy atom. The monoisotopic (exact) mass is 404 g/mol. The number of benzene rings is 3. The fraction of sp³-hybridized carbons (Fsp3) is 0.240. The van der Waals surface area contributed by atoms with Crippen molar-refractivity contribution >= 4 is 11.7 Å². The van der Waals surface area contributed by atoms with Gasteiger partial charge in [-0.25, -0.2) is 4.79 Å². The van der Waals surface area contributed by atoms with Crippen LogP contribution in [-0.2, 0) is 6.54 Å². The third-order valence-electron chi connectivity index (χ3n) is 4.46. The highest BCUT2D eigenvalue weighted by Gasteiger charge is 2.16. The molecule has 5 nitrogen and oxygen atoms in total. The highest BCUT2D eigenvalue weighted by atomic mass is 16.5. The van der Waals surface area contributed by atoms with Gasteiger partial charge in [0.1, 0.15) is 17.2 Å². The molecule has 0 saturated carbocycles. The summed E-state index contributed by atoms with van der Waals surface area (Å²) in [5, 5.41) is 2.97. The maximum atomic E-state index is 12.9. The van der Waals surface area contributed by atoms with Gasteiger partial charge in [0.15, 0.2) is 0 Å². The number of nitrogens with zero attached hydrogens (tertiary/aromatic N) is 1. The maximum Gasteiger partial charge on any atom is 0.322 e. The Morgan fingerprint density at radius 2 is 1.60 bits per heavy atom. The molecule has 3 aromatic rings. The zero-order chi connectivity index (χ0) is 21.3. The molecular weight excluding hydrogens is 376 g/mol. The minimum Gasteiger partial charge on any atom is -0.497 e. The molecule has 30 heavy (non-hydrogen) atoms. The van der Waals surface area contributed by atoms with Crippen molar-refractivity contribution < 1.29 is 14.3 Å². The van der Waals surface area contributed by atoms with E-state index in [2.05, 4.69) is 19.2 Å². The van der Waals surface area contributed by atoms with E-state index in [1.807, 2.05) is 83.8 Å². The number of amides is 2. The first kappa shape index (κ1) is 21.2. The Labute approximate surface area is 178 Å². The summed E-state index contributed by atoms with van der Waals surface area (Å²) in [6.07, 6.45) is 0. The van der Waals surface area contributed by atoms with Crippen molar-refractivity contribution in [2.24, 2.45) is 5.92 Å². The van der Waals surface area contributed by atoms with E-state index < -0.39 is 0 Å². The van der Waals surface area contributed by atoms with Crippen molar-refractivity contribution in [3.63, 3.8) is 0 Å². The lowest BCUT2D eigenvalue weighted by Crippen LogP contribution is -2.37. The number of hydrogen-bond donors (Lipinski definition) is 1. The van der Waals surface area contributed by atoms with Crippen molar-refractivity contribution in [3.05, 3.63) is 84.4 Å². The zero-order valence-electron chi connectivity index (χ0n) is 17.7. The summed E-state index contributed by atoms with van der Waals surface area (Å²) in [5.41, 5.74) is 1.74. The molecule has 2 amide bonds. The highest BCUT2D eigenvalue weighted by molar-refractivity contribution is 5.89. The second-order valence-corrected chi connectivity index (χ2v) is 7.50. The van der Waals surface area contributed by atoms with Crippen LogP contribution >= 0.6 is 0 Å². The molecule has 3 rings (SSSR count). The van der Waals surface area contributed by atoms with Crippen LogP contribution < -0.4 is 14.8 Å². The van der Waals surface area contributed by atoms with Gasteiger partial charge in [-0.1, -0.05) is 44.2 Å². The summed E-state index contributed by atoms with van der Waals surface area (Å²) in [6, 6.07) is 24.7. The molecule has 3 aromatic carbocycles. The number of para-hydroxylation sites is 1. The van der Waals surface area contributed by atoms with Crippen LogP contribution in [0.25, 0.3) is 0 Å². The van der Waals surface area contributed by atoms with Gasteiger partial charge in [0, 0.05) is 18.8 Å².